The molecular weight excluding hydrogens is 470 g/mol. The summed E-state index contributed by atoms with van der Waals surface area (Å²) in [4.78, 5) is 52.8. The van der Waals surface area contributed by atoms with E-state index in [1.54, 1.807) is 30.0 Å². The Bertz CT molecular complexity index is 1190. The molecule has 0 radical (unpaired) electrons. The van der Waals surface area contributed by atoms with Crippen molar-refractivity contribution >= 4 is 40.9 Å². The second kappa shape index (κ2) is 10.5. The summed E-state index contributed by atoms with van der Waals surface area (Å²) in [7, 11) is 0. The van der Waals surface area contributed by atoms with E-state index in [1.165, 1.54) is 0 Å². The summed E-state index contributed by atoms with van der Waals surface area (Å²) in [6.45, 7) is 7.48. The first kappa shape index (κ1) is 24.7. The Balaban J connectivity index is 1.52. The van der Waals surface area contributed by atoms with Crippen molar-refractivity contribution in [1.29, 1.82) is 0 Å². The van der Waals surface area contributed by atoms with Gasteiger partial charge in [-0.15, -0.1) is 0 Å². The summed E-state index contributed by atoms with van der Waals surface area (Å²) in [6, 6.07) is 9.02. The van der Waals surface area contributed by atoms with Gasteiger partial charge in [-0.3, -0.25) is 19.3 Å². The number of carbonyl (C=O) groups excluding carboxylic acids is 4. The summed E-state index contributed by atoms with van der Waals surface area (Å²) in [5, 5.41) is -0.453. The summed E-state index contributed by atoms with van der Waals surface area (Å²) in [6.07, 6.45) is 1.69. The zero-order valence-electron chi connectivity index (χ0n) is 19.9. The molecule has 0 unspecified atom stereocenters. The molecule has 9 nitrogen and oxygen atoms in total. The summed E-state index contributed by atoms with van der Waals surface area (Å²) >= 11 is 0.837. The maximum atomic E-state index is 12.9. The van der Waals surface area contributed by atoms with Crippen molar-refractivity contribution in [2.24, 2.45) is 0 Å². The average Bonchev–Trinajstić information content (AvgIpc) is 3.28. The SMILES string of the molecule is CCOC(=O)c1ccc(-n2c(C)cc(/C=C3/SC(=O)N(CC(=O)N4CCOCC4)C3=O)c2C)cc1. The van der Waals surface area contributed by atoms with Crippen LogP contribution in [0.1, 0.15) is 34.2 Å². The van der Waals surface area contributed by atoms with E-state index in [2.05, 4.69) is 0 Å². The number of imide groups is 1. The van der Waals surface area contributed by atoms with E-state index < -0.39 is 11.1 Å². The molecule has 0 bridgehead atoms. The fourth-order valence-electron chi connectivity index (χ4n) is 4.12. The zero-order chi connectivity index (χ0) is 25.1. The van der Waals surface area contributed by atoms with Crippen molar-refractivity contribution in [3.05, 3.63) is 57.8 Å². The Labute approximate surface area is 207 Å². The van der Waals surface area contributed by atoms with Gasteiger partial charge in [0, 0.05) is 30.2 Å². The number of nitrogens with zero attached hydrogens (tertiary/aromatic N) is 3. The fraction of sp³-hybridized carbons (Fsp3) is 0.360. The number of aryl methyl sites for hydroxylation is 1. The van der Waals surface area contributed by atoms with Crippen LogP contribution in [0.15, 0.2) is 35.2 Å². The van der Waals surface area contributed by atoms with Crippen LogP contribution in [0.2, 0.25) is 0 Å². The molecule has 2 aliphatic heterocycles. The van der Waals surface area contributed by atoms with Crippen molar-refractivity contribution in [2.45, 2.75) is 20.8 Å². The van der Waals surface area contributed by atoms with Gasteiger partial charge in [-0.25, -0.2) is 4.79 Å². The Morgan fingerprint density at radius 3 is 2.46 bits per heavy atom. The number of esters is 1. The maximum Gasteiger partial charge on any atom is 0.338 e. The molecule has 10 heteroatoms. The van der Waals surface area contributed by atoms with Crippen LogP contribution in [0.3, 0.4) is 0 Å². The minimum absolute atomic E-state index is 0.263. The van der Waals surface area contributed by atoms with E-state index >= 15 is 0 Å². The molecule has 2 saturated heterocycles. The lowest BCUT2D eigenvalue weighted by atomic mass is 10.2. The summed E-state index contributed by atoms with van der Waals surface area (Å²) in [5.41, 5.74) is 3.93. The first-order chi connectivity index (χ1) is 16.8. The maximum absolute atomic E-state index is 12.9. The van der Waals surface area contributed by atoms with E-state index in [0.717, 1.165) is 39.3 Å². The Morgan fingerprint density at radius 1 is 1.11 bits per heavy atom. The van der Waals surface area contributed by atoms with Crippen molar-refractivity contribution in [3.8, 4) is 5.69 Å². The number of thioether (sulfide) groups is 1. The van der Waals surface area contributed by atoms with Crippen molar-refractivity contribution in [2.75, 3.05) is 39.5 Å². The van der Waals surface area contributed by atoms with Crippen molar-refractivity contribution < 1.29 is 28.7 Å². The zero-order valence-corrected chi connectivity index (χ0v) is 20.7. The van der Waals surface area contributed by atoms with Crippen molar-refractivity contribution in [1.82, 2.24) is 14.4 Å². The van der Waals surface area contributed by atoms with E-state index in [9.17, 15) is 19.2 Å². The number of hydrogen-bond donors (Lipinski definition) is 0. The van der Waals surface area contributed by atoms with Gasteiger partial charge in [-0.1, -0.05) is 0 Å². The number of amides is 3. The Hall–Kier alpha value is -3.37. The number of aromatic nitrogens is 1. The van der Waals surface area contributed by atoms with Crippen LogP contribution in [0, 0.1) is 13.8 Å². The average molecular weight is 498 g/mol. The quantitative estimate of drug-likeness (QED) is 0.447. The fourth-order valence-corrected chi connectivity index (χ4v) is 4.95. The summed E-state index contributed by atoms with van der Waals surface area (Å²) < 4.78 is 12.3. The van der Waals surface area contributed by atoms with Crippen LogP contribution in [0.25, 0.3) is 11.8 Å². The van der Waals surface area contributed by atoms with Crippen LogP contribution in [-0.4, -0.2) is 76.8 Å². The van der Waals surface area contributed by atoms with Crippen LogP contribution in [-0.2, 0) is 19.1 Å². The largest absolute Gasteiger partial charge is 0.462 e. The molecule has 1 aromatic carbocycles. The molecule has 2 aliphatic rings. The third-order valence-electron chi connectivity index (χ3n) is 5.92. The van der Waals surface area contributed by atoms with Gasteiger partial charge in [-0.2, -0.15) is 0 Å². The molecule has 0 spiro atoms. The van der Waals surface area contributed by atoms with Crippen LogP contribution >= 0.6 is 11.8 Å². The van der Waals surface area contributed by atoms with Gasteiger partial charge in [0.15, 0.2) is 0 Å². The van der Waals surface area contributed by atoms with Gasteiger partial charge in [0.2, 0.25) is 5.91 Å². The number of carbonyl (C=O) groups is 4. The van der Waals surface area contributed by atoms with E-state index in [1.807, 2.05) is 36.6 Å². The lowest BCUT2D eigenvalue weighted by Crippen LogP contribution is -2.46. The Kier molecular flexibility index (Phi) is 7.42. The van der Waals surface area contributed by atoms with Gasteiger partial charge in [0.05, 0.1) is 30.3 Å². The van der Waals surface area contributed by atoms with Gasteiger partial charge >= 0.3 is 5.97 Å². The molecule has 2 fully saturated rings. The highest BCUT2D eigenvalue weighted by molar-refractivity contribution is 8.18. The molecule has 0 saturated carbocycles. The van der Waals surface area contributed by atoms with Gasteiger partial charge < -0.3 is 18.9 Å². The number of benzene rings is 1. The predicted molar refractivity (Wildman–Crippen MR) is 131 cm³/mol. The minimum Gasteiger partial charge on any atom is -0.462 e. The minimum atomic E-state index is -0.467. The van der Waals surface area contributed by atoms with Gasteiger partial charge in [0.1, 0.15) is 6.54 Å². The highest BCUT2D eigenvalue weighted by Crippen LogP contribution is 2.33. The van der Waals surface area contributed by atoms with E-state index in [-0.39, 0.29) is 23.3 Å². The number of morpholine rings is 1. The van der Waals surface area contributed by atoms with Crippen LogP contribution in [0.4, 0.5) is 4.79 Å². The first-order valence-electron chi connectivity index (χ1n) is 11.4. The molecule has 35 heavy (non-hydrogen) atoms. The number of hydrogen-bond acceptors (Lipinski definition) is 7. The third kappa shape index (κ3) is 5.18. The first-order valence-corrected chi connectivity index (χ1v) is 12.2. The third-order valence-corrected chi connectivity index (χ3v) is 6.83. The molecule has 184 valence electrons. The normalized spacial score (nSPS) is 17.4. The number of ether oxygens (including phenoxy) is 2. The second-order valence-electron chi connectivity index (χ2n) is 8.19. The predicted octanol–water partition coefficient (Wildman–Crippen LogP) is 3.17. The molecule has 0 N–H and O–H groups in total. The van der Waals surface area contributed by atoms with Gasteiger partial charge in [-0.05, 0) is 74.5 Å². The molecule has 3 heterocycles. The van der Waals surface area contributed by atoms with E-state index in [0.29, 0.717) is 38.5 Å². The number of rotatable bonds is 6. The molecule has 2 aromatic rings. The van der Waals surface area contributed by atoms with Crippen LogP contribution < -0.4 is 0 Å². The summed E-state index contributed by atoms with van der Waals surface area (Å²) in [5.74, 6) is -1.10. The monoisotopic (exact) mass is 497 g/mol. The topological polar surface area (TPSA) is 98.2 Å². The molecule has 3 amide bonds. The molecule has 0 aliphatic carbocycles. The van der Waals surface area contributed by atoms with Crippen LogP contribution in [0.5, 0.6) is 0 Å². The Morgan fingerprint density at radius 2 is 1.80 bits per heavy atom. The highest BCUT2D eigenvalue weighted by atomic mass is 32.2. The van der Waals surface area contributed by atoms with E-state index in [4.69, 9.17) is 9.47 Å². The van der Waals surface area contributed by atoms with Gasteiger partial charge in [0.25, 0.3) is 11.1 Å². The molecule has 4 rings (SSSR count). The molecular formula is C25H27N3O6S. The lowest BCUT2D eigenvalue weighted by Gasteiger charge is -2.28. The second-order valence-corrected chi connectivity index (χ2v) is 9.18. The standard InChI is InChI=1S/C25H27N3O6S/c1-4-34-24(31)18-5-7-20(8-6-18)28-16(2)13-19(17(28)3)14-21-23(30)27(25(32)35-21)15-22(29)26-9-11-33-12-10-26/h5-8,13-14H,4,9-12,15H2,1-3H3/b21-14+. The smallest absolute Gasteiger partial charge is 0.338 e. The molecule has 1 aromatic heterocycles. The highest BCUT2D eigenvalue weighted by Gasteiger charge is 2.37. The lowest BCUT2D eigenvalue weighted by molar-refractivity contribution is -0.139. The van der Waals surface area contributed by atoms with Crippen molar-refractivity contribution in [3.63, 3.8) is 0 Å². The molecule has 0 atom stereocenters.